The van der Waals surface area contributed by atoms with Crippen LogP contribution in [0.3, 0.4) is 0 Å². The standard InChI is InChI=1S/C22H29FIO2/c1-7-21(3,4)25-18-12-9-16(10-13-18)24-17-11-14-20(19(23)15-17)26-22(5,6)8-2/h9-15H,7-8H2,1-6H3/q+1. The van der Waals surface area contributed by atoms with E-state index in [9.17, 15) is 4.39 Å². The minimum Gasteiger partial charge on any atom is -0.488 e. The first-order valence-electron chi connectivity index (χ1n) is 9.06. The minimum absolute atomic E-state index is 0.165. The minimum atomic E-state index is -0.440. The molecule has 0 aliphatic carbocycles. The van der Waals surface area contributed by atoms with Gasteiger partial charge in [-0.15, -0.1) is 0 Å². The summed E-state index contributed by atoms with van der Waals surface area (Å²) in [6, 6.07) is 13.5. The third-order valence-corrected chi connectivity index (χ3v) is 7.04. The van der Waals surface area contributed by atoms with Crippen LogP contribution in [0, 0.1) is 13.0 Å². The summed E-state index contributed by atoms with van der Waals surface area (Å²) in [5.74, 6) is 0.921. The average molecular weight is 471 g/mol. The highest BCUT2D eigenvalue weighted by Crippen LogP contribution is 2.23. The van der Waals surface area contributed by atoms with Crippen LogP contribution in [0.15, 0.2) is 42.5 Å². The lowest BCUT2D eigenvalue weighted by Gasteiger charge is -2.24. The molecule has 0 bridgehead atoms. The molecule has 142 valence electrons. The molecule has 0 N–H and O–H groups in total. The second-order valence-electron chi connectivity index (χ2n) is 7.55. The van der Waals surface area contributed by atoms with Gasteiger partial charge >= 0.3 is 21.2 Å². The summed E-state index contributed by atoms with van der Waals surface area (Å²) in [4.78, 5) is 0. The number of benzene rings is 2. The zero-order valence-corrected chi connectivity index (χ0v) is 18.7. The molecule has 0 aliphatic heterocycles. The zero-order valence-electron chi connectivity index (χ0n) is 16.5. The normalized spacial score (nSPS) is 12.1. The molecule has 26 heavy (non-hydrogen) atoms. The van der Waals surface area contributed by atoms with Crippen molar-refractivity contribution in [1.29, 1.82) is 0 Å². The lowest BCUT2D eigenvalue weighted by molar-refractivity contribution is -0.597. The fourth-order valence-corrected chi connectivity index (χ4v) is 4.30. The van der Waals surface area contributed by atoms with Gasteiger partial charge in [0.25, 0.3) is 0 Å². The Morgan fingerprint density at radius 3 is 1.88 bits per heavy atom. The predicted molar refractivity (Wildman–Crippen MR) is 100 cm³/mol. The van der Waals surface area contributed by atoms with Crippen molar-refractivity contribution in [2.24, 2.45) is 0 Å². The molecule has 2 aromatic rings. The maximum absolute atomic E-state index is 14.4. The first kappa shape index (κ1) is 21.0. The molecule has 0 aromatic heterocycles. The molecule has 0 amide bonds. The topological polar surface area (TPSA) is 18.5 Å². The molecular formula is C22H29FIO2+. The lowest BCUT2D eigenvalue weighted by atomic mass is 10.1. The van der Waals surface area contributed by atoms with E-state index in [-0.39, 0.29) is 17.0 Å². The smallest absolute Gasteiger partial charge is 0.358 e. The number of hydrogen-bond acceptors (Lipinski definition) is 2. The Morgan fingerprint density at radius 2 is 1.35 bits per heavy atom. The van der Waals surface area contributed by atoms with Crippen molar-refractivity contribution in [3.8, 4) is 11.5 Å². The van der Waals surface area contributed by atoms with Gasteiger partial charge in [-0.1, -0.05) is 13.8 Å². The summed E-state index contributed by atoms with van der Waals surface area (Å²) in [7, 11) is 0. The van der Waals surface area contributed by atoms with Gasteiger partial charge < -0.3 is 9.47 Å². The maximum Gasteiger partial charge on any atom is 0.358 e. The van der Waals surface area contributed by atoms with E-state index in [0.717, 1.165) is 22.2 Å². The summed E-state index contributed by atoms with van der Waals surface area (Å²) in [6.45, 7) is 12.3. The van der Waals surface area contributed by atoms with Crippen LogP contribution in [0.25, 0.3) is 0 Å². The van der Waals surface area contributed by atoms with Gasteiger partial charge in [-0.25, -0.2) is 4.39 Å². The van der Waals surface area contributed by atoms with E-state index in [1.807, 2.05) is 39.0 Å². The number of rotatable bonds is 8. The first-order valence-corrected chi connectivity index (χ1v) is 11.2. The Kier molecular flexibility index (Phi) is 6.94. The summed E-state index contributed by atoms with van der Waals surface area (Å²) < 4.78 is 28.4. The molecule has 0 heterocycles. The molecule has 0 fully saturated rings. The molecule has 0 saturated heterocycles. The molecule has 0 atom stereocenters. The van der Waals surface area contributed by atoms with Gasteiger partial charge in [0.05, 0.1) is 0 Å². The third kappa shape index (κ3) is 6.15. The van der Waals surface area contributed by atoms with E-state index in [0.29, 0.717) is 5.75 Å². The Bertz CT molecular complexity index is 723. The van der Waals surface area contributed by atoms with Gasteiger partial charge in [0.15, 0.2) is 18.7 Å². The van der Waals surface area contributed by atoms with Gasteiger partial charge in [-0.2, -0.15) is 0 Å². The maximum atomic E-state index is 14.4. The summed E-state index contributed by atoms with van der Waals surface area (Å²) in [5.41, 5.74) is -0.526. The number of ether oxygens (including phenoxy) is 2. The van der Waals surface area contributed by atoms with Crippen LogP contribution in [-0.4, -0.2) is 11.2 Å². The van der Waals surface area contributed by atoms with Crippen molar-refractivity contribution in [3.63, 3.8) is 0 Å². The molecule has 0 radical (unpaired) electrons. The van der Waals surface area contributed by atoms with Crippen LogP contribution < -0.4 is 30.7 Å². The highest BCUT2D eigenvalue weighted by atomic mass is 127. The quantitative estimate of drug-likeness (QED) is 0.552. The average Bonchev–Trinajstić information content (AvgIpc) is 2.59. The highest BCUT2D eigenvalue weighted by Gasteiger charge is 2.23. The summed E-state index contributed by atoms with van der Waals surface area (Å²) >= 11 is -0.440. The molecule has 0 unspecified atom stereocenters. The lowest BCUT2D eigenvalue weighted by Crippen LogP contribution is -3.61. The molecular weight excluding hydrogens is 442 g/mol. The van der Waals surface area contributed by atoms with Crippen molar-refractivity contribution < 1.29 is 35.1 Å². The number of halogens is 2. The Morgan fingerprint density at radius 1 is 0.808 bits per heavy atom. The molecule has 0 aliphatic rings. The van der Waals surface area contributed by atoms with Crippen LogP contribution in [0.1, 0.15) is 54.4 Å². The molecule has 2 aromatic carbocycles. The van der Waals surface area contributed by atoms with Gasteiger partial charge in [-0.05, 0) is 76.9 Å². The van der Waals surface area contributed by atoms with Crippen molar-refractivity contribution in [3.05, 3.63) is 55.4 Å². The fourth-order valence-electron chi connectivity index (χ4n) is 2.07. The van der Waals surface area contributed by atoms with Gasteiger partial charge in [0.1, 0.15) is 17.0 Å². The predicted octanol–water partition coefficient (Wildman–Crippen LogP) is 3.09. The van der Waals surface area contributed by atoms with Crippen LogP contribution in [-0.2, 0) is 0 Å². The van der Waals surface area contributed by atoms with Gasteiger partial charge in [0, 0.05) is 6.07 Å². The van der Waals surface area contributed by atoms with Gasteiger partial charge in [0.2, 0.25) is 0 Å². The Labute approximate surface area is 167 Å². The Balaban J connectivity index is 2.06. The van der Waals surface area contributed by atoms with Crippen LogP contribution in [0.2, 0.25) is 0 Å². The molecule has 2 rings (SSSR count). The first-order chi connectivity index (χ1) is 12.1. The second-order valence-corrected chi connectivity index (χ2v) is 10.6. The monoisotopic (exact) mass is 471 g/mol. The summed E-state index contributed by atoms with van der Waals surface area (Å²) in [5, 5.41) is 0. The number of hydrogen-bond donors (Lipinski definition) is 0. The molecule has 4 heteroatoms. The van der Waals surface area contributed by atoms with Crippen LogP contribution in [0.5, 0.6) is 11.5 Å². The largest absolute Gasteiger partial charge is 0.488 e. The second kappa shape index (κ2) is 8.59. The van der Waals surface area contributed by atoms with Crippen molar-refractivity contribution >= 4 is 0 Å². The third-order valence-electron chi connectivity index (χ3n) is 4.41. The molecule has 0 spiro atoms. The zero-order chi connectivity index (χ0) is 19.4. The highest BCUT2D eigenvalue weighted by molar-refractivity contribution is 5.25. The van der Waals surface area contributed by atoms with E-state index >= 15 is 0 Å². The molecule has 0 saturated carbocycles. The van der Waals surface area contributed by atoms with E-state index in [4.69, 9.17) is 9.47 Å². The van der Waals surface area contributed by atoms with E-state index in [1.165, 1.54) is 3.57 Å². The Hall–Kier alpha value is -1.30. The van der Waals surface area contributed by atoms with Crippen LogP contribution in [0.4, 0.5) is 4.39 Å². The van der Waals surface area contributed by atoms with Crippen LogP contribution >= 0.6 is 0 Å². The van der Waals surface area contributed by atoms with E-state index in [2.05, 4.69) is 32.9 Å². The van der Waals surface area contributed by atoms with E-state index in [1.54, 1.807) is 12.1 Å². The van der Waals surface area contributed by atoms with E-state index < -0.39 is 21.2 Å². The fraction of sp³-hybridized carbons (Fsp3) is 0.455. The van der Waals surface area contributed by atoms with Crippen molar-refractivity contribution in [2.75, 3.05) is 0 Å². The summed E-state index contributed by atoms with van der Waals surface area (Å²) in [6.07, 6.45) is 1.77. The molecule has 2 nitrogen and oxygen atoms in total. The van der Waals surface area contributed by atoms with Gasteiger partial charge in [-0.3, -0.25) is 0 Å². The van der Waals surface area contributed by atoms with Crippen molar-refractivity contribution in [2.45, 2.75) is 65.6 Å². The SMILES string of the molecule is CCC(C)(C)Oc1ccc([I+]c2ccc(OC(C)(C)CC)c(F)c2)cc1. The van der Waals surface area contributed by atoms with Crippen molar-refractivity contribution in [1.82, 2.24) is 0 Å².